The van der Waals surface area contributed by atoms with Crippen molar-refractivity contribution >= 4 is 16.9 Å². The number of amides is 1. The quantitative estimate of drug-likeness (QED) is 0.214. The number of aryl methyl sites for hydroxylation is 6. The second kappa shape index (κ2) is 13.1. The van der Waals surface area contributed by atoms with E-state index >= 15 is 0 Å². The van der Waals surface area contributed by atoms with Crippen LogP contribution < -0.4 is 14.8 Å². The molecule has 1 amide bonds. The Hall–Kier alpha value is -3.80. The van der Waals surface area contributed by atoms with Crippen LogP contribution in [0.15, 0.2) is 60.7 Å². The lowest BCUT2D eigenvalue weighted by Crippen LogP contribution is -2.30. The molecule has 1 heterocycles. The van der Waals surface area contributed by atoms with E-state index in [1.165, 1.54) is 11.1 Å². The van der Waals surface area contributed by atoms with Crippen molar-refractivity contribution in [2.45, 2.75) is 59.9 Å². The first-order valence-electron chi connectivity index (χ1n) is 13.5. The van der Waals surface area contributed by atoms with Crippen LogP contribution in [0.2, 0.25) is 0 Å². The summed E-state index contributed by atoms with van der Waals surface area (Å²) < 4.78 is 14.0. The minimum atomic E-state index is -0.108. The third kappa shape index (κ3) is 7.37. The number of carbonyl (C=O) groups excluding carboxylic acids is 1. The third-order valence-corrected chi connectivity index (χ3v) is 6.86. The summed E-state index contributed by atoms with van der Waals surface area (Å²) in [6, 6.07) is 20.5. The molecule has 0 aliphatic carbocycles. The third-order valence-electron chi connectivity index (χ3n) is 6.86. The van der Waals surface area contributed by atoms with E-state index in [1.807, 2.05) is 44.2 Å². The monoisotopic (exact) mass is 513 g/mol. The van der Waals surface area contributed by atoms with E-state index in [-0.39, 0.29) is 12.5 Å². The van der Waals surface area contributed by atoms with Gasteiger partial charge >= 0.3 is 0 Å². The number of para-hydroxylation sites is 2. The molecule has 0 aliphatic heterocycles. The van der Waals surface area contributed by atoms with E-state index in [1.54, 1.807) is 0 Å². The Morgan fingerprint density at radius 2 is 1.68 bits per heavy atom. The summed E-state index contributed by atoms with van der Waals surface area (Å²) >= 11 is 0. The fourth-order valence-corrected chi connectivity index (χ4v) is 4.46. The summed E-state index contributed by atoms with van der Waals surface area (Å²) in [5.74, 6) is 2.64. The van der Waals surface area contributed by atoms with Gasteiger partial charge in [-0.05, 0) is 99.5 Å². The Bertz CT molecular complexity index is 1380. The maximum Gasteiger partial charge on any atom is 0.257 e. The number of hydrogen-bond donors (Lipinski definition) is 1. The zero-order chi connectivity index (χ0) is 26.9. The summed E-state index contributed by atoms with van der Waals surface area (Å²) in [6.45, 7) is 10.4. The summed E-state index contributed by atoms with van der Waals surface area (Å²) in [5, 5.41) is 2.98. The Morgan fingerprint density at radius 1 is 0.868 bits per heavy atom. The smallest absolute Gasteiger partial charge is 0.257 e. The van der Waals surface area contributed by atoms with Gasteiger partial charge in [0.1, 0.15) is 17.3 Å². The number of carbonyl (C=O) groups is 1. The van der Waals surface area contributed by atoms with Crippen molar-refractivity contribution in [2.75, 3.05) is 19.8 Å². The molecule has 3 aromatic carbocycles. The molecule has 0 unspecified atom stereocenters. The molecule has 4 aromatic rings. The number of nitrogens with zero attached hydrogens (tertiary/aromatic N) is 2. The van der Waals surface area contributed by atoms with Crippen molar-refractivity contribution in [3.63, 3.8) is 0 Å². The maximum absolute atomic E-state index is 12.3. The van der Waals surface area contributed by atoms with Crippen molar-refractivity contribution in [1.29, 1.82) is 0 Å². The van der Waals surface area contributed by atoms with Crippen LogP contribution in [-0.2, 0) is 17.8 Å². The second-order valence-electron chi connectivity index (χ2n) is 9.98. The van der Waals surface area contributed by atoms with Gasteiger partial charge in [-0.15, -0.1) is 0 Å². The van der Waals surface area contributed by atoms with Gasteiger partial charge in [-0.2, -0.15) is 0 Å². The highest BCUT2D eigenvalue weighted by Crippen LogP contribution is 2.20. The molecule has 200 valence electrons. The highest BCUT2D eigenvalue weighted by atomic mass is 16.5. The van der Waals surface area contributed by atoms with E-state index in [4.69, 9.17) is 14.5 Å². The van der Waals surface area contributed by atoms with Gasteiger partial charge in [-0.3, -0.25) is 4.79 Å². The van der Waals surface area contributed by atoms with Crippen LogP contribution in [-0.4, -0.2) is 35.2 Å². The van der Waals surface area contributed by atoms with Crippen LogP contribution in [0.1, 0.15) is 47.3 Å². The maximum atomic E-state index is 12.3. The van der Waals surface area contributed by atoms with Crippen LogP contribution in [0, 0.1) is 27.7 Å². The zero-order valence-corrected chi connectivity index (χ0v) is 23.0. The van der Waals surface area contributed by atoms with Gasteiger partial charge in [0.15, 0.2) is 6.61 Å². The lowest BCUT2D eigenvalue weighted by Gasteiger charge is -2.12. The number of unbranched alkanes of at least 4 members (excludes halogenated alkanes) is 1. The standard InChI is InChI=1S/C32H39N3O3/c1-23-13-14-25(3)30(20-23)38-22-32(36)33-17-9-12-31-34-28-10-5-6-11-29(28)35(31)18-7-8-19-37-27-16-15-24(2)26(4)21-27/h5-6,10-11,13-16,20-21H,7-9,12,17-19,22H2,1-4H3,(H,33,36). The largest absolute Gasteiger partial charge is 0.494 e. The van der Waals surface area contributed by atoms with Crippen molar-refractivity contribution in [3.8, 4) is 11.5 Å². The number of fused-ring (bicyclic) bond motifs is 1. The molecule has 0 bridgehead atoms. The fourth-order valence-electron chi connectivity index (χ4n) is 4.46. The van der Waals surface area contributed by atoms with E-state index in [0.29, 0.717) is 13.2 Å². The van der Waals surface area contributed by atoms with Crippen molar-refractivity contribution in [3.05, 3.63) is 88.7 Å². The van der Waals surface area contributed by atoms with Gasteiger partial charge in [0, 0.05) is 19.5 Å². The first-order chi connectivity index (χ1) is 18.4. The highest BCUT2D eigenvalue weighted by molar-refractivity contribution is 5.77. The van der Waals surface area contributed by atoms with E-state index in [9.17, 15) is 4.79 Å². The molecule has 1 aromatic heterocycles. The molecule has 0 fully saturated rings. The normalized spacial score (nSPS) is 11.1. The van der Waals surface area contributed by atoms with Crippen LogP contribution >= 0.6 is 0 Å². The van der Waals surface area contributed by atoms with Gasteiger partial charge in [0.05, 0.1) is 17.6 Å². The fraction of sp³-hybridized carbons (Fsp3) is 0.375. The molecular weight excluding hydrogens is 474 g/mol. The molecule has 0 radical (unpaired) electrons. The molecule has 6 nitrogen and oxygen atoms in total. The van der Waals surface area contributed by atoms with Crippen LogP contribution in [0.4, 0.5) is 0 Å². The number of aromatic nitrogens is 2. The molecule has 0 saturated carbocycles. The topological polar surface area (TPSA) is 65.4 Å². The van der Waals surface area contributed by atoms with Gasteiger partial charge in [0.2, 0.25) is 0 Å². The number of hydrogen-bond acceptors (Lipinski definition) is 4. The molecule has 0 saturated heterocycles. The van der Waals surface area contributed by atoms with Crippen molar-refractivity contribution in [1.82, 2.24) is 14.9 Å². The van der Waals surface area contributed by atoms with Gasteiger partial charge in [-0.25, -0.2) is 4.98 Å². The molecule has 1 N–H and O–H groups in total. The average molecular weight is 514 g/mol. The second-order valence-corrected chi connectivity index (χ2v) is 9.98. The Morgan fingerprint density at radius 3 is 2.53 bits per heavy atom. The minimum absolute atomic E-state index is 0.0209. The first kappa shape index (κ1) is 27.2. The van der Waals surface area contributed by atoms with Crippen molar-refractivity contribution in [2.24, 2.45) is 0 Å². The summed E-state index contributed by atoms with van der Waals surface area (Å²) in [6.07, 6.45) is 3.58. The Balaban J connectivity index is 1.24. The molecule has 0 aliphatic rings. The van der Waals surface area contributed by atoms with Crippen LogP contribution in [0.5, 0.6) is 11.5 Å². The average Bonchev–Trinajstić information content (AvgIpc) is 3.26. The lowest BCUT2D eigenvalue weighted by molar-refractivity contribution is -0.123. The summed E-state index contributed by atoms with van der Waals surface area (Å²) in [5.41, 5.74) is 6.84. The highest BCUT2D eigenvalue weighted by Gasteiger charge is 2.11. The van der Waals surface area contributed by atoms with Crippen LogP contribution in [0.3, 0.4) is 0 Å². The van der Waals surface area contributed by atoms with Gasteiger partial charge < -0.3 is 19.4 Å². The predicted octanol–water partition coefficient (Wildman–Crippen LogP) is 6.26. The van der Waals surface area contributed by atoms with Gasteiger partial charge in [0.25, 0.3) is 5.91 Å². The van der Waals surface area contributed by atoms with E-state index in [2.05, 4.69) is 54.1 Å². The molecule has 4 rings (SSSR count). The van der Waals surface area contributed by atoms with Crippen molar-refractivity contribution < 1.29 is 14.3 Å². The predicted molar refractivity (Wildman–Crippen MR) is 153 cm³/mol. The lowest BCUT2D eigenvalue weighted by atomic mass is 10.1. The number of imidazole rings is 1. The molecule has 0 atom stereocenters. The molecule has 6 heteroatoms. The summed E-state index contributed by atoms with van der Waals surface area (Å²) in [4.78, 5) is 17.2. The van der Waals surface area contributed by atoms with E-state index < -0.39 is 0 Å². The number of nitrogens with one attached hydrogen (secondary N) is 1. The SMILES string of the molecule is Cc1ccc(C)c(OCC(=O)NCCCc2nc3ccccc3n2CCCCOc2ccc(C)c(C)c2)c1. The van der Waals surface area contributed by atoms with Crippen LogP contribution in [0.25, 0.3) is 11.0 Å². The molecular formula is C32H39N3O3. The van der Waals surface area contributed by atoms with Gasteiger partial charge in [-0.1, -0.05) is 30.3 Å². The minimum Gasteiger partial charge on any atom is -0.494 e. The molecule has 0 spiro atoms. The Labute approximate surface area is 226 Å². The number of ether oxygens (including phenoxy) is 2. The Kier molecular flexibility index (Phi) is 9.41. The zero-order valence-electron chi connectivity index (χ0n) is 23.0. The summed E-state index contributed by atoms with van der Waals surface area (Å²) in [7, 11) is 0. The number of rotatable bonds is 13. The number of benzene rings is 3. The van der Waals surface area contributed by atoms with E-state index in [0.717, 1.165) is 71.7 Å². The molecule has 38 heavy (non-hydrogen) atoms. The first-order valence-corrected chi connectivity index (χ1v) is 13.5.